The van der Waals surface area contributed by atoms with Gasteiger partial charge in [0, 0.05) is 7.05 Å². The van der Waals surface area contributed by atoms with Gasteiger partial charge in [0.25, 0.3) is 0 Å². The van der Waals surface area contributed by atoms with Gasteiger partial charge in [0.1, 0.15) is 16.5 Å². The molecule has 0 saturated heterocycles. The number of alkyl halides is 3. The molecule has 0 radical (unpaired) electrons. The first-order valence-electron chi connectivity index (χ1n) is 5.08. The van der Waals surface area contributed by atoms with Crippen LogP contribution >= 0.6 is 12.2 Å². The summed E-state index contributed by atoms with van der Waals surface area (Å²) in [6, 6.07) is 1.89. The minimum Gasteiger partial charge on any atom is -0.389 e. The van der Waals surface area contributed by atoms with Gasteiger partial charge in [-0.25, -0.2) is 4.98 Å². The summed E-state index contributed by atoms with van der Waals surface area (Å²) < 4.78 is 37.6. The van der Waals surface area contributed by atoms with Crippen LogP contribution in [-0.4, -0.2) is 29.5 Å². The first-order valence-corrected chi connectivity index (χ1v) is 5.49. The molecule has 1 aromatic heterocycles. The Balaban J connectivity index is 3.09. The summed E-state index contributed by atoms with van der Waals surface area (Å²) in [4.78, 5) is 14.3. The average molecular weight is 292 g/mol. The third-order valence-electron chi connectivity index (χ3n) is 2.15. The van der Waals surface area contributed by atoms with Crippen LogP contribution in [0.4, 0.5) is 19.0 Å². The molecule has 1 heterocycles. The van der Waals surface area contributed by atoms with Gasteiger partial charge in [-0.15, -0.1) is 0 Å². The van der Waals surface area contributed by atoms with Crippen molar-refractivity contribution in [2.75, 3.05) is 18.9 Å². The van der Waals surface area contributed by atoms with Crippen molar-refractivity contribution >= 4 is 28.9 Å². The number of rotatable bonds is 4. The van der Waals surface area contributed by atoms with Gasteiger partial charge >= 0.3 is 6.18 Å². The standard InChI is InChI=1S/C10H11F3N4OS/c1-15-7(18)4-16-9-5(8(14)19)2-3-6(17-9)10(11,12)13/h2-3H,4H2,1H3,(H2,14,19)(H,15,18)(H,16,17). The van der Waals surface area contributed by atoms with Crippen molar-refractivity contribution in [3.63, 3.8) is 0 Å². The van der Waals surface area contributed by atoms with Gasteiger partial charge in [-0.05, 0) is 12.1 Å². The molecular weight excluding hydrogens is 281 g/mol. The van der Waals surface area contributed by atoms with Gasteiger partial charge in [0.2, 0.25) is 5.91 Å². The second-order valence-electron chi connectivity index (χ2n) is 3.48. The lowest BCUT2D eigenvalue weighted by Crippen LogP contribution is -2.28. The van der Waals surface area contributed by atoms with Crippen LogP contribution in [0.5, 0.6) is 0 Å². The third kappa shape index (κ3) is 4.05. The van der Waals surface area contributed by atoms with Crippen LogP contribution < -0.4 is 16.4 Å². The fourth-order valence-corrected chi connectivity index (χ4v) is 1.37. The molecule has 104 valence electrons. The molecule has 0 aliphatic carbocycles. The maximum atomic E-state index is 12.5. The first kappa shape index (κ1) is 15.2. The lowest BCUT2D eigenvalue weighted by molar-refractivity contribution is -0.141. The maximum absolute atomic E-state index is 12.5. The number of hydrogen-bond acceptors (Lipinski definition) is 4. The van der Waals surface area contributed by atoms with Crippen molar-refractivity contribution in [1.29, 1.82) is 0 Å². The van der Waals surface area contributed by atoms with E-state index in [0.29, 0.717) is 0 Å². The van der Waals surface area contributed by atoms with E-state index in [-0.39, 0.29) is 22.9 Å². The average Bonchev–Trinajstić information content (AvgIpc) is 2.34. The Morgan fingerprint density at radius 1 is 1.47 bits per heavy atom. The molecule has 1 rings (SSSR count). The largest absolute Gasteiger partial charge is 0.433 e. The molecule has 1 aromatic rings. The van der Waals surface area contributed by atoms with Gasteiger partial charge in [-0.2, -0.15) is 13.2 Å². The van der Waals surface area contributed by atoms with E-state index in [0.717, 1.165) is 12.1 Å². The van der Waals surface area contributed by atoms with Crippen LogP contribution in [0, 0.1) is 0 Å². The minimum atomic E-state index is -4.59. The highest BCUT2D eigenvalue weighted by molar-refractivity contribution is 7.80. The number of pyridine rings is 1. The summed E-state index contributed by atoms with van der Waals surface area (Å²) in [5, 5.41) is 4.78. The van der Waals surface area contributed by atoms with E-state index in [9.17, 15) is 18.0 Å². The normalized spacial score (nSPS) is 10.9. The highest BCUT2D eigenvalue weighted by Crippen LogP contribution is 2.29. The molecule has 9 heteroatoms. The molecule has 0 spiro atoms. The van der Waals surface area contributed by atoms with Gasteiger partial charge in [0.15, 0.2) is 0 Å². The summed E-state index contributed by atoms with van der Waals surface area (Å²) in [7, 11) is 1.40. The predicted octanol–water partition coefficient (Wildman–Crippen LogP) is 0.893. The molecule has 0 fully saturated rings. The second-order valence-corrected chi connectivity index (χ2v) is 3.92. The van der Waals surface area contributed by atoms with E-state index < -0.39 is 17.8 Å². The van der Waals surface area contributed by atoms with E-state index >= 15 is 0 Å². The number of nitrogens with one attached hydrogen (secondary N) is 2. The number of carbonyl (C=O) groups is 1. The molecule has 0 unspecified atom stereocenters. The zero-order valence-corrected chi connectivity index (χ0v) is 10.7. The molecule has 0 aliphatic rings. The van der Waals surface area contributed by atoms with Gasteiger partial charge < -0.3 is 16.4 Å². The highest BCUT2D eigenvalue weighted by atomic mass is 32.1. The molecule has 19 heavy (non-hydrogen) atoms. The number of nitrogens with zero attached hydrogens (tertiary/aromatic N) is 1. The van der Waals surface area contributed by atoms with Crippen LogP contribution in [0.3, 0.4) is 0 Å². The monoisotopic (exact) mass is 292 g/mol. The number of anilines is 1. The Bertz CT molecular complexity index is 504. The van der Waals surface area contributed by atoms with E-state index in [1.54, 1.807) is 0 Å². The van der Waals surface area contributed by atoms with Gasteiger partial charge in [-0.3, -0.25) is 4.79 Å². The van der Waals surface area contributed by atoms with E-state index in [2.05, 4.69) is 15.6 Å². The Morgan fingerprint density at radius 3 is 2.58 bits per heavy atom. The third-order valence-corrected chi connectivity index (χ3v) is 2.37. The summed E-state index contributed by atoms with van der Waals surface area (Å²) in [6.45, 7) is -0.236. The number of thiocarbonyl (C=S) groups is 1. The summed E-state index contributed by atoms with van der Waals surface area (Å²) in [5.74, 6) is -0.584. The molecule has 5 nitrogen and oxygen atoms in total. The topological polar surface area (TPSA) is 80.0 Å². The van der Waals surface area contributed by atoms with Crippen LogP contribution in [0.25, 0.3) is 0 Å². The molecular formula is C10H11F3N4OS. The Labute approximate surface area is 112 Å². The zero-order valence-electron chi connectivity index (χ0n) is 9.84. The second kappa shape index (κ2) is 5.83. The summed E-state index contributed by atoms with van der Waals surface area (Å²) in [5.41, 5.74) is 4.44. The van der Waals surface area contributed by atoms with Gasteiger partial charge in [0.05, 0.1) is 12.1 Å². The first-order chi connectivity index (χ1) is 8.75. The number of aromatic nitrogens is 1. The molecule has 0 atom stereocenters. The Morgan fingerprint density at radius 2 is 2.11 bits per heavy atom. The number of carbonyl (C=O) groups excluding carboxylic acids is 1. The molecule has 0 saturated carbocycles. The summed E-state index contributed by atoms with van der Waals surface area (Å²) in [6.07, 6.45) is -4.59. The predicted molar refractivity (Wildman–Crippen MR) is 67.7 cm³/mol. The lowest BCUT2D eigenvalue weighted by atomic mass is 10.2. The van der Waals surface area contributed by atoms with E-state index in [1.165, 1.54) is 7.05 Å². The van der Waals surface area contributed by atoms with E-state index in [1.807, 2.05) is 0 Å². The van der Waals surface area contributed by atoms with E-state index in [4.69, 9.17) is 18.0 Å². The quantitative estimate of drug-likeness (QED) is 0.718. The minimum absolute atomic E-state index is 0.111. The van der Waals surface area contributed by atoms with Crippen LogP contribution in [0.1, 0.15) is 11.3 Å². The molecule has 0 aromatic carbocycles. The Hall–Kier alpha value is -1.90. The van der Waals surface area contributed by atoms with Crippen molar-refractivity contribution in [2.24, 2.45) is 5.73 Å². The van der Waals surface area contributed by atoms with Crippen LogP contribution in [-0.2, 0) is 11.0 Å². The maximum Gasteiger partial charge on any atom is 0.433 e. The number of nitrogens with two attached hydrogens (primary N) is 1. The molecule has 0 bridgehead atoms. The number of likely N-dealkylation sites (N-methyl/N-ethyl adjacent to an activating group) is 1. The number of hydrogen-bond donors (Lipinski definition) is 3. The van der Waals surface area contributed by atoms with Crippen LogP contribution in [0.15, 0.2) is 12.1 Å². The number of halogens is 3. The number of amides is 1. The van der Waals surface area contributed by atoms with Crippen molar-refractivity contribution in [3.8, 4) is 0 Å². The fraction of sp³-hybridized carbons (Fsp3) is 0.300. The fourth-order valence-electron chi connectivity index (χ4n) is 1.20. The van der Waals surface area contributed by atoms with Gasteiger partial charge in [-0.1, -0.05) is 12.2 Å². The molecule has 4 N–H and O–H groups in total. The molecule has 1 amide bonds. The summed E-state index contributed by atoms with van der Waals surface area (Å²) >= 11 is 4.71. The highest BCUT2D eigenvalue weighted by Gasteiger charge is 2.33. The molecule has 0 aliphatic heterocycles. The van der Waals surface area contributed by atoms with Crippen molar-refractivity contribution in [1.82, 2.24) is 10.3 Å². The van der Waals surface area contributed by atoms with Crippen molar-refractivity contribution < 1.29 is 18.0 Å². The van der Waals surface area contributed by atoms with Crippen molar-refractivity contribution in [2.45, 2.75) is 6.18 Å². The lowest BCUT2D eigenvalue weighted by Gasteiger charge is -2.13. The SMILES string of the molecule is CNC(=O)CNc1nc(C(F)(F)F)ccc1C(N)=S. The smallest absolute Gasteiger partial charge is 0.389 e. The zero-order chi connectivity index (χ0) is 14.6. The van der Waals surface area contributed by atoms with Crippen molar-refractivity contribution in [3.05, 3.63) is 23.4 Å². The van der Waals surface area contributed by atoms with Crippen LogP contribution in [0.2, 0.25) is 0 Å². The Kier molecular flexibility index (Phi) is 4.65.